The number of carbonyl (C=O) groups excluding carboxylic acids is 4. The van der Waals surface area contributed by atoms with Crippen LogP contribution in [0.4, 0.5) is 15.3 Å². The van der Waals surface area contributed by atoms with Gasteiger partial charge in [0.2, 0.25) is 0 Å². The molecule has 4 rings (SSSR count). The number of nitro benzene ring substituents is 1. The van der Waals surface area contributed by atoms with Crippen LogP contribution < -0.4 is 10.1 Å². The summed E-state index contributed by atoms with van der Waals surface area (Å²) in [6, 6.07) is 4.90. The zero-order chi connectivity index (χ0) is 34.4. The molecular formula is C33H42N2O12. The maximum absolute atomic E-state index is 13.2. The molecule has 7 atom stereocenters. The number of fused-ring (bicyclic) bond motifs is 3. The lowest BCUT2D eigenvalue weighted by Gasteiger charge is -2.60. The van der Waals surface area contributed by atoms with Crippen molar-refractivity contribution in [2.75, 3.05) is 39.6 Å². The van der Waals surface area contributed by atoms with Crippen LogP contribution in [0.1, 0.15) is 40.0 Å². The molecule has 256 valence electrons. The molecule has 1 amide bonds. The molecular weight excluding hydrogens is 616 g/mol. The normalized spacial score (nSPS) is 28.6. The number of alkyl carbamates (subject to hydrolysis) is 1. The highest BCUT2D eigenvalue weighted by atomic mass is 16.7. The van der Waals surface area contributed by atoms with Crippen molar-refractivity contribution in [3.8, 4) is 5.75 Å². The lowest BCUT2D eigenvalue weighted by molar-refractivity contribution is -0.384. The quantitative estimate of drug-likeness (QED) is 0.0917. The maximum atomic E-state index is 13.2. The standard InChI is InChI=1S/C33H42N2O12/c1-20(33(3)17-27(38)29-25(26(33)18-36)9-4-21-16-23(37)10-11-32(21,29)2)28(39)19-46-30(40)34-12-13-44-14-15-45-31(41)47-24-7-5-22(6-8-24)35(42)43/h5-8,10-11,16,20,25-27,29,36,38H,4,9,12-15,17-19H2,1-3H3,(H,34,40). The summed E-state index contributed by atoms with van der Waals surface area (Å²) in [5.74, 6) is -1.48. The van der Waals surface area contributed by atoms with Crippen LogP contribution in [0, 0.1) is 44.6 Å². The van der Waals surface area contributed by atoms with Crippen LogP contribution >= 0.6 is 0 Å². The summed E-state index contributed by atoms with van der Waals surface area (Å²) < 4.78 is 20.2. The highest BCUT2D eigenvalue weighted by Crippen LogP contribution is 2.62. The summed E-state index contributed by atoms with van der Waals surface area (Å²) in [4.78, 5) is 59.3. The number of hydrogen-bond acceptors (Lipinski definition) is 12. The molecule has 3 N–H and O–H groups in total. The maximum Gasteiger partial charge on any atom is 0.513 e. The molecule has 0 heterocycles. The van der Waals surface area contributed by atoms with Gasteiger partial charge in [-0.3, -0.25) is 19.7 Å². The van der Waals surface area contributed by atoms with Crippen LogP contribution in [-0.2, 0) is 23.8 Å². The number of Topliss-reactive ketones (excluding diaryl/α,β-unsaturated/α-hetero) is 1. The molecule has 14 nitrogen and oxygen atoms in total. The minimum atomic E-state index is -1.01. The van der Waals surface area contributed by atoms with Crippen LogP contribution in [0.15, 0.2) is 48.1 Å². The number of rotatable bonds is 13. The van der Waals surface area contributed by atoms with E-state index in [9.17, 15) is 39.5 Å². The fourth-order valence-corrected chi connectivity index (χ4v) is 7.50. The first-order valence-corrected chi connectivity index (χ1v) is 15.6. The van der Waals surface area contributed by atoms with Crippen LogP contribution in [0.2, 0.25) is 0 Å². The van der Waals surface area contributed by atoms with Crippen LogP contribution in [0.5, 0.6) is 5.75 Å². The third kappa shape index (κ3) is 8.06. The third-order valence-corrected chi connectivity index (χ3v) is 10.2. The number of nitrogens with zero attached hydrogens (tertiary/aromatic N) is 1. The summed E-state index contributed by atoms with van der Waals surface area (Å²) >= 11 is 0. The van der Waals surface area contributed by atoms with Gasteiger partial charge in [-0.05, 0) is 60.8 Å². The predicted octanol–water partition coefficient (Wildman–Crippen LogP) is 3.54. The molecule has 47 heavy (non-hydrogen) atoms. The minimum Gasteiger partial charge on any atom is -0.442 e. The Balaban J connectivity index is 1.16. The molecule has 0 aliphatic heterocycles. The number of non-ortho nitro benzene ring substituents is 1. The van der Waals surface area contributed by atoms with Gasteiger partial charge in [-0.25, -0.2) is 9.59 Å². The zero-order valence-electron chi connectivity index (χ0n) is 26.7. The Morgan fingerprint density at radius 3 is 2.53 bits per heavy atom. The largest absolute Gasteiger partial charge is 0.513 e. The van der Waals surface area contributed by atoms with Crippen molar-refractivity contribution in [1.82, 2.24) is 5.32 Å². The van der Waals surface area contributed by atoms with E-state index in [1.54, 1.807) is 19.1 Å². The Hall–Kier alpha value is -4.14. The van der Waals surface area contributed by atoms with Gasteiger partial charge in [-0.2, -0.15) is 0 Å². The number of amides is 1. The number of ether oxygens (including phenoxy) is 4. The second-order valence-electron chi connectivity index (χ2n) is 12.7. The fraction of sp³-hybridized carbons (Fsp3) is 0.576. The Morgan fingerprint density at radius 1 is 1.13 bits per heavy atom. The van der Waals surface area contributed by atoms with E-state index in [1.807, 2.05) is 19.9 Å². The van der Waals surface area contributed by atoms with Crippen molar-refractivity contribution >= 4 is 29.5 Å². The van der Waals surface area contributed by atoms with Gasteiger partial charge in [0, 0.05) is 42.5 Å². The summed E-state index contributed by atoms with van der Waals surface area (Å²) in [6.07, 6.45) is 4.13. The van der Waals surface area contributed by atoms with E-state index in [1.165, 1.54) is 24.3 Å². The summed E-state index contributed by atoms with van der Waals surface area (Å²) in [7, 11) is 0. The number of ketones is 2. The first-order valence-electron chi connectivity index (χ1n) is 15.6. The topological polar surface area (TPSA) is 201 Å². The highest BCUT2D eigenvalue weighted by molar-refractivity contribution is 6.01. The van der Waals surface area contributed by atoms with E-state index in [0.29, 0.717) is 12.8 Å². The number of nitro groups is 1. The van der Waals surface area contributed by atoms with Gasteiger partial charge in [0.15, 0.2) is 18.2 Å². The summed E-state index contributed by atoms with van der Waals surface area (Å²) in [5, 5.41) is 35.2. The van der Waals surface area contributed by atoms with E-state index in [2.05, 4.69) is 5.32 Å². The van der Waals surface area contributed by atoms with Gasteiger partial charge in [-0.15, -0.1) is 0 Å². The number of aliphatic hydroxyl groups excluding tert-OH is 2. The second-order valence-corrected chi connectivity index (χ2v) is 12.7. The fourth-order valence-electron chi connectivity index (χ4n) is 7.50. The molecule has 14 heteroatoms. The lowest BCUT2D eigenvalue weighted by Crippen LogP contribution is -2.59. The average molecular weight is 659 g/mol. The molecule has 0 bridgehead atoms. The molecule has 0 aromatic heterocycles. The SMILES string of the molecule is CC(C(=O)COC(=O)NCCOCCOC(=O)Oc1ccc([N+](=O)[O-])cc1)C1(C)CC(O)C2C(CCC3=CC(=O)C=CC32C)C1CO. The third-order valence-electron chi connectivity index (χ3n) is 10.2. The van der Waals surface area contributed by atoms with Gasteiger partial charge >= 0.3 is 12.2 Å². The average Bonchev–Trinajstić information content (AvgIpc) is 3.03. The summed E-state index contributed by atoms with van der Waals surface area (Å²) in [6.45, 7) is 5.03. The highest BCUT2D eigenvalue weighted by Gasteiger charge is 2.59. The van der Waals surface area contributed by atoms with Crippen molar-refractivity contribution in [2.24, 2.45) is 34.5 Å². The van der Waals surface area contributed by atoms with Crippen LogP contribution in [0.3, 0.4) is 0 Å². The molecule has 2 fully saturated rings. The Kier molecular flexibility index (Phi) is 11.5. The predicted molar refractivity (Wildman–Crippen MR) is 165 cm³/mol. The van der Waals surface area contributed by atoms with E-state index in [0.717, 1.165) is 5.57 Å². The number of benzene rings is 1. The molecule has 0 spiro atoms. The number of hydrogen-bond donors (Lipinski definition) is 3. The van der Waals surface area contributed by atoms with E-state index in [-0.39, 0.29) is 80.2 Å². The van der Waals surface area contributed by atoms with E-state index < -0.39 is 46.6 Å². The molecule has 7 unspecified atom stereocenters. The number of nitrogens with one attached hydrogen (secondary N) is 1. The van der Waals surface area contributed by atoms with Gasteiger partial charge < -0.3 is 34.5 Å². The van der Waals surface area contributed by atoms with E-state index in [4.69, 9.17) is 18.9 Å². The zero-order valence-corrected chi connectivity index (χ0v) is 26.7. The molecule has 2 saturated carbocycles. The van der Waals surface area contributed by atoms with Gasteiger partial charge in [0.25, 0.3) is 5.69 Å². The van der Waals surface area contributed by atoms with Crippen LogP contribution in [0.25, 0.3) is 0 Å². The number of aliphatic hydroxyl groups is 2. The molecule has 1 aromatic rings. The number of carbonyl (C=O) groups is 4. The van der Waals surface area contributed by atoms with Crippen molar-refractivity contribution in [3.05, 3.63) is 58.2 Å². The Bertz CT molecular complexity index is 1410. The smallest absolute Gasteiger partial charge is 0.442 e. The molecule has 3 aliphatic rings. The second kappa shape index (κ2) is 15.2. The summed E-state index contributed by atoms with van der Waals surface area (Å²) in [5.41, 5.74) is -0.401. The molecule has 1 aromatic carbocycles. The molecule has 3 aliphatic carbocycles. The monoisotopic (exact) mass is 658 g/mol. The van der Waals surface area contributed by atoms with Crippen LogP contribution in [-0.4, -0.2) is 84.6 Å². The molecule has 0 radical (unpaired) electrons. The first-order chi connectivity index (χ1) is 22.3. The van der Waals surface area contributed by atoms with Gasteiger partial charge in [-0.1, -0.05) is 32.4 Å². The Labute approximate surface area is 272 Å². The van der Waals surface area contributed by atoms with E-state index >= 15 is 0 Å². The lowest BCUT2D eigenvalue weighted by atomic mass is 9.45. The minimum absolute atomic E-state index is 0.00552. The Morgan fingerprint density at radius 2 is 1.85 bits per heavy atom. The van der Waals surface area contributed by atoms with Gasteiger partial charge in [0.1, 0.15) is 12.4 Å². The molecule has 0 saturated heterocycles. The number of allylic oxidation sites excluding steroid dienone is 4. The van der Waals surface area contributed by atoms with Crippen molar-refractivity contribution in [2.45, 2.75) is 46.1 Å². The van der Waals surface area contributed by atoms with Crippen molar-refractivity contribution in [1.29, 1.82) is 0 Å². The first kappa shape index (κ1) is 35.7. The van der Waals surface area contributed by atoms with Crippen molar-refractivity contribution in [3.63, 3.8) is 0 Å². The van der Waals surface area contributed by atoms with Crippen molar-refractivity contribution < 1.29 is 53.3 Å². The van der Waals surface area contributed by atoms with Gasteiger partial charge in [0.05, 0.1) is 24.2 Å².